The maximum absolute atomic E-state index is 13.5. The van der Waals surface area contributed by atoms with Gasteiger partial charge in [0.1, 0.15) is 5.69 Å². The second-order valence-electron chi connectivity index (χ2n) is 7.95. The molecule has 0 saturated carbocycles. The van der Waals surface area contributed by atoms with E-state index in [1.54, 1.807) is 29.2 Å². The molecule has 9 heteroatoms. The molecule has 3 aromatic rings. The molecule has 2 unspecified atom stereocenters. The number of hydrogen-bond donors (Lipinski definition) is 1. The standard InChI is InChI=1S/C23H21F3N4O2/c1-13-3-2-4-20(18-10-7-16(12-28-18)23(24,25)26)30(13)22(32)15-6-8-17-14(11-15)5-9-19(29-17)21(27)31/h5-13,20H,2-4H2,1H3,(H2,27,31). The SMILES string of the molecule is CC1CCCC(c2ccc(C(F)(F)F)cn2)N1C(=O)c1ccc2nc(C(N)=O)ccc2c1. The fourth-order valence-electron chi connectivity index (χ4n) is 4.14. The van der Waals surface area contributed by atoms with Crippen LogP contribution in [0.25, 0.3) is 10.9 Å². The third-order valence-electron chi connectivity index (χ3n) is 5.79. The highest BCUT2D eigenvalue weighted by molar-refractivity contribution is 5.99. The van der Waals surface area contributed by atoms with Crippen LogP contribution in [0.4, 0.5) is 13.2 Å². The lowest BCUT2D eigenvalue weighted by Crippen LogP contribution is -2.44. The molecule has 3 heterocycles. The van der Waals surface area contributed by atoms with E-state index < -0.39 is 23.7 Å². The average molecular weight is 442 g/mol. The van der Waals surface area contributed by atoms with Gasteiger partial charge in [-0.15, -0.1) is 0 Å². The van der Waals surface area contributed by atoms with E-state index in [1.165, 1.54) is 12.1 Å². The molecule has 1 fully saturated rings. The number of pyridine rings is 2. The predicted molar refractivity (Wildman–Crippen MR) is 112 cm³/mol. The normalized spacial score (nSPS) is 19.2. The number of nitrogens with zero attached hydrogens (tertiary/aromatic N) is 3. The summed E-state index contributed by atoms with van der Waals surface area (Å²) < 4.78 is 38.7. The zero-order chi connectivity index (χ0) is 23.0. The van der Waals surface area contributed by atoms with Crippen LogP contribution in [0, 0.1) is 0 Å². The summed E-state index contributed by atoms with van der Waals surface area (Å²) >= 11 is 0. The minimum atomic E-state index is -4.46. The Hall–Kier alpha value is -3.49. The van der Waals surface area contributed by atoms with Gasteiger partial charge in [-0.05, 0) is 62.6 Å². The van der Waals surface area contributed by atoms with E-state index in [0.717, 1.165) is 25.1 Å². The summed E-state index contributed by atoms with van der Waals surface area (Å²) in [5.41, 5.74) is 5.98. The van der Waals surface area contributed by atoms with Crippen molar-refractivity contribution < 1.29 is 22.8 Å². The molecule has 1 aromatic carbocycles. The minimum absolute atomic E-state index is 0.101. The molecule has 32 heavy (non-hydrogen) atoms. The monoisotopic (exact) mass is 442 g/mol. The highest BCUT2D eigenvalue weighted by atomic mass is 19.4. The van der Waals surface area contributed by atoms with Crippen molar-refractivity contribution in [1.82, 2.24) is 14.9 Å². The van der Waals surface area contributed by atoms with Crippen molar-refractivity contribution >= 4 is 22.7 Å². The van der Waals surface area contributed by atoms with E-state index in [9.17, 15) is 22.8 Å². The largest absolute Gasteiger partial charge is 0.417 e. The van der Waals surface area contributed by atoms with Gasteiger partial charge in [0.2, 0.25) is 0 Å². The second-order valence-corrected chi connectivity index (χ2v) is 7.95. The fourth-order valence-corrected chi connectivity index (χ4v) is 4.14. The molecule has 6 nitrogen and oxygen atoms in total. The fraction of sp³-hybridized carbons (Fsp3) is 0.304. The Morgan fingerprint density at radius 1 is 1.09 bits per heavy atom. The van der Waals surface area contributed by atoms with Gasteiger partial charge in [0, 0.05) is 23.2 Å². The third-order valence-corrected chi connectivity index (χ3v) is 5.79. The molecular formula is C23H21F3N4O2. The first-order valence-electron chi connectivity index (χ1n) is 10.2. The molecule has 0 bridgehead atoms. The first-order valence-corrected chi connectivity index (χ1v) is 10.2. The molecule has 4 rings (SSSR count). The number of carbonyl (C=O) groups is 2. The Morgan fingerprint density at radius 3 is 2.53 bits per heavy atom. The van der Waals surface area contributed by atoms with Crippen molar-refractivity contribution in [3.8, 4) is 0 Å². The van der Waals surface area contributed by atoms with E-state index in [4.69, 9.17) is 5.73 Å². The van der Waals surface area contributed by atoms with E-state index in [0.29, 0.717) is 28.6 Å². The summed E-state index contributed by atoms with van der Waals surface area (Å²) in [5.74, 6) is -0.870. The van der Waals surface area contributed by atoms with Gasteiger partial charge in [0.25, 0.3) is 11.8 Å². The van der Waals surface area contributed by atoms with Gasteiger partial charge in [-0.3, -0.25) is 14.6 Å². The highest BCUT2D eigenvalue weighted by Gasteiger charge is 2.35. The second kappa shape index (κ2) is 8.22. The number of primary amides is 1. The molecule has 0 aliphatic carbocycles. The number of rotatable bonds is 3. The highest BCUT2D eigenvalue weighted by Crippen LogP contribution is 2.36. The molecule has 1 aliphatic heterocycles. The molecule has 1 saturated heterocycles. The number of alkyl halides is 3. The smallest absolute Gasteiger partial charge is 0.364 e. The lowest BCUT2D eigenvalue weighted by Gasteiger charge is -2.40. The van der Waals surface area contributed by atoms with Crippen LogP contribution in [0.5, 0.6) is 0 Å². The predicted octanol–water partition coefficient (Wildman–Crippen LogP) is 4.50. The van der Waals surface area contributed by atoms with Crippen molar-refractivity contribution in [2.24, 2.45) is 5.73 Å². The van der Waals surface area contributed by atoms with E-state index in [2.05, 4.69) is 9.97 Å². The van der Waals surface area contributed by atoms with Crippen molar-refractivity contribution in [3.05, 3.63) is 71.2 Å². The first-order chi connectivity index (χ1) is 15.1. The van der Waals surface area contributed by atoms with Crippen LogP contribution >= 0.6 is 0 Å². The van der Waals surface area contributed by atoms with Crippen LogP contribution in [0.15, 0.2) is 48.7 Å². The van der Waals surface area contributed by atoms with Crippen molar-refractivity contribution in [3.63, 3.8) is 0 Å². The van der Waals surface area contributed by atoms with E-state index >= 15 is 0 Å². The van der Waals surface area contributed by atoms with Crippen LogP contribution in [0.3, 0.4) is 0 Å². The van der Waals surface area contributed by atoms with Crippen LogP contribution in [0.2, 0.25) is 0 Å². The number of aromatic nitrogens is 2. The maximum atomic E-state index is 13.5. The number of piperidine rings is 1. The number of hydrogen-bond acceptors (Lipinski definition) is 4. The summed E-state index contributed by atoms with van der Waals surface area (Å²) in [4.78, 5) is 34.7. The van der Waals surface area contributed by atoms with Crippen LogP contribution < -0.4 is 5.73 Å². The summed E-state index contributed by atoms with van der Waals surface area (Å²) in [7, 11) is 0. The molecule has 0 radical (unpaired) electrons. The van der Waals surface area contributed by atoms with Gasteiger partial charge in [-0.25, -0.2) is 4.98 Å². The molecule has 1 aliphatic rings. The van der Waals surface area contributed by atoms with Crippen LogP contribution in [-0.2, 0) is 6.18 Å². The number of nitrogens with two attached hydrogens (primary N) is 1. The van der Waals surface area contributed by atoms with E-state index in [-0.39, 0.29) is 17.6 Å². The van der Waals surface area contributed by atoms with Crippen molar-refractivity contribution in [2.75, 3.05) is 0 Å². The van der Waals surface area contributed by atoms with Gasteiger partial charge in [-0.2, -0.15) is 13.2 Å². The van der Waals surface area contributed by atoms with Gasteiger partial charge >= 0.3 is 6.18 Å². The lowest BCUT2D eigenvalue weighted by molar-refractivity contribution is -0.137. The van der Waals surface area contributed by atoms with Crippen molar-refractivity contribution in [1.29, 1.82) is 0 Å². The summed E-state index contributed by atoms with van der Waals surface area (Å²) in [6.45, 7) is 1.93. The zero-order valence-electron chi connectivity index (χ0n) is 17.3. The van der Waals surface area contributed by atoms with Gasteiger partial charge in [0.05, 0.1) is 22.8 Å². The average Bonchev–Trinajstić information content (AvgIpc) is 2.77. The first kappa shape index (κ1) is 21.7. The molecule has 0 spiro atoms. The Bertz CT molecular complexity index is 1180. The number of benzene rings is 1. The number of likely N-dealkylation sites (tertiary alicyclic amines) is 1. The summed E-state index contributed by atoms with van der Waals surface area (Å²) in [5, 5.41) is 0.676. The van der Waals surface area contributed by atoms with Gasteiger partial charge < -0.3 is 10.6 Å². The zero-order valence-corrected chi connectivity index (χ0v) is 17.3. The van der Waals surface area contributed by atoms with Crippen LogP contribution in [-0.4, -0.2) is 32.7 Å². The Morgan fingerprint density at radius 2 is 1.88 bits per heavy atom. The topological polar surface area (TPSA) is 89.2 Å². The number of fused-ring (bicyclic) bond motifs is 1. The Balaban J connectivity index is 1.66. The van der Waals surface area contributed by atoms with Gasteiger partial charge in [0.15, 0.2) is 0 Å². The maximum Gasteiger partial charge on any atom is 0.417 e. The quantitative estimate of drug-likeness (QED) is 0.647. The lowest BCUT2D eigenvalue weighted by atomic mass is 9.92. The molecule has 2 N–H and O–H groups in total. The number of amides is 2. The van der Waals surface area contributed by atoms with E-state index in [1.807, 2.05) is 6.92 Å². The Kier molecular flexibility index (Phi) is 5.58. The van der Waals surface area contributed by atoms with Crippen LogP contribution in [0.1, 0.15) is 64.3 Å². The molecule has 166 valence electrons. The third kappa shape index (κ3) is 4.15. The minimum Gasteiger partial charge on any atom is -0.364 e. The number of halogens is 3. The molecular weight excluding hydrogens is 421 g/mol. The number of carbonyl (C=O) groups excluding carboxylic acids is 2. The summed E-state index contributed by atoms with van der Waals surface area (Å²) in [6.07, 6.45) is -1.40. The molecule has 2 aromatic heterocycles. The Labute approximate surface area is 182 Å². The molecule has 2 atom stereocenters. The van der Waals surface area contributed by atoms with Gasteiger partial charge in [-0.1, -0.05) is 6.07 Å². The molecule has 2 amide bonds. The summed E-state index contributed by atoms with van der Waals surface area (Å²) in [6, 6.07) is 9.97. The van der Waals surface area contributed by atoms with Crippen molar-refractivity contribution in [2.45, 2.75) is 44.4 Å².